The van der Waals surface area contributed by atoms with Gasteiger partial charge in [-0.25, -0.2) is 4.98 Å². The van der Waals surface area contributed by atoms with E-state index in [1.54, 1.807) is 6.20 Å². The molecule has 5 nitrogen and oxygen atoms in total. The van der Waals surface area contributed by atoms with Gasteiger partial charge in [-0.05, 0) is 35.6 Å². The number of ether oxygens (including phenoxy) is 2. The lowest BCUT2D eigenvalue weighted by Gasteiger charge is -2.22. The Kier molecular flexibility index (Phi) is 5.25. The van der Waals surface area contributed by atoms with Crippen LogP contribution in [0.4, 0.5) is 0 Å². The van der Waals surface area contributed by atoms with E-state index < -0.39 is 0 Å². The molecule has 0 radical (unpaired) electrons. The van der Waals surface area contributed by atoms with Gasteiger partial charge in [0.25, 0.3) is 5.91 Å². The maximum Gasteiger partial charge on any atom is 0.261 e. The first-order chi connectivity index (χ1) is 11.2. The van der Waals surface area contributed by atoms with Crippen LogP contribution >= 0.6 is 11.3 Å². The lowest BCUT2D eigenvalue weighted by molar-refractivity contribution is 0.0237. The van der Waals surface area contributed by atoms with E-state index >= 15 is 0 Å². The maximum atomic E-state index is 12.1. The maximum absolute atomic E-state index is 12.1. The summed E-state index contributed by atoms with van der Waals surface area (Å²) in [6.45, 7) is 3.88. The van der Waals surface area contributed by atoms with E-state index in [-0.39, 0.29) is 12.0 Å². The van der Waals surface area contributed by atoms with Crippen LogP contribution in [0.2, 0.25) is 0 Å². The highest BCUT2D eigenvalue weighted by atomic mass is 32.1. The normalized spacial score (nSPS) is 15.3. The van der Waals surface area contributed by atoms with Crippen molar-refractivity contribution in [2.75, 3.05) is 13.2 Å². The smallest absolute Gasteiger partial charge is 0.261 e. The van der Waals surface area contributed by atoms with Crippen LogP contribution in [-0.2, 0) is 11.3 Å². The van der Waals surface area contributed by atoms with Gasteiger partial charge in [0, 0.05) is 31.6 Å². The first-order valence-corrected chi connectivity index (χ1v) is 8.62. The summed E-state index contributed by atoms with van der Waals surface area (Å²) in [5.74, 6) is 0.567. The standard InChI is InChI=1S/C17H20N2O3S/c1-12-5-9-23-16(12)17(20)19-11-13-2-6-18-15(10-13)22-14-3-7-21-8-4-14/h2,5-6,9-10,14H,3-4,7-8,11H2,1H3,(H,19,20). The second-order valence-corrected chi connectivity index (χ2v) is 6.46. The number of pyridine rings is 1. The number of amides is 1. The Morgan fingerprint density at radius 1 is 1.43 bits per heavy atom. The summed E-state index contributed by atoms with van der Waals surface area (Å²) in [4.78, 5) is 17.2. The van der Waals surface area contributed by atoms with E-state index in [0.29, 0.717) is 12.4 Å². The summed E-state index contributed by atoms with van der Waals surface area (Å²) in [7, 11) is 0. The lowest BCUT2D eigenvalue weighted by atomic mass is 10.1. The second-order valence-electron chi connectivity index (χ2n) is 5.55. The molecule has 3 heterocycles. The number of hydrogen-bond acceptors (Lipinski definition) is 5. The Bertz CT molecular complexity index is 665. The largest absolute Gasteiger partial charge is 0.474 e. The molecular weight excluding hydrogens is 312 g/mol. The van der Waals surface area contributed by atoms with E-state index in [9.17, 15) is 4.79 Å². The van der Waals surface area contributed by atoms with Gasteiger partial charge in [-0.3, -0.25) is 4.79 Å². The lowest BCUT2D eigenvalue weighted by Crippen LogP contribution is -2.26. The first-order valence-electron chi connectivity index (χ1n) is 7.74. The zero-order valence-electron chi connectivity index (χ0n) is 13.1. The van der Waals surface area contributed by atoms with Gasteiger partial charge in [-0.2, -0.15) is 0 Å². The highest BCUT2D eigenvalue weighted by Gasteiger charge is 2.16. The molecule has 0 atom stereocenters. The van der Waals surface area contributed by atoms with Gasteiger partial charge >= 0.3 is 0 Å². The van der Waals surface area contributed by atoms with Crippen molar-refractivity contribution in [1.82, 2.24) is 10.3 Å². The van der Waals surface area contributed by atoms with Gasteiger partial charge < -0.3 is 14.8 Å². The molecule has 0 bridgehead atoms. The number of thiophene rings is 1. The average Bonchev–Trinajstić information content (AvgIpc) is 3.00. The van der Waals surface area contributed by atoms with Crippen molar-refractivity contribution < 1.29 is 14.3 Å². The average molecular weight is 332 g/mol. The molecular formula is C17H20N2O3S. The summed E-state index contributed by atoms with van der Waals surface area (Å²) in [6.07, 6.45) is 3.66. The number of nitrogens with zero attached hydrogens (tertiary/aromatic N) is 1. The quantitative estimate of drug-likeness (QED) is 0.914. The summed E-state index contributed by atoms with van der Waals surface area (Å²) in [6, 6.07) is 5.72. The highest BCUT2D eigenvalue weighted by Crippen LogP contribution is 2.18. The molecule has 1 fully saturated rings. The molecule has 1 N–H and O–H groups in total. The molecule has 23 heavy (non-hydrogen) atoms. The molecule has 122 valence electrons. The number of aromatic nitrogens is 1. The van der Waals surface area contributed by atoms with Crippen LogP contribution in [0.5, 0.6) is 5.88 Å². The molecule has 0 aromatic carbocycles. The van der Waals surface area contributed by atoms with Crippen molar-refractivity contribution in [3.05, 3.63) is 45.8 Å². The Morgan fingerprint density at radius 3 is 3.00 bits per heavy atom. The Labute approximate surface area is 139 Å². The van der Waals surface area contributed by atoms with E-state index in [2.05, 4.69) is 10.3 Å². The predicted octanol–water partition coefficient (Wildman–Crippen LogP) is 2.94. The van der Waals surface area contributed by atoms with Crippen LogP contribution in [-0.4, -0.2) is 30.2 Å². The Hall–Kier alpha value is -1.92. The van der Waals surface area contributed by atoms with E-state index in [1.807, 2.05) is 30.5 Å². The SMILES string of the molecule is Cc1ccsc1C(=O)NCc1ccnc(OC2CCOCC2)c1. The topological polar surface area (TPSA) is 60.5 Å². The van der Waals surface area contributed by atoms with Gasteiger partial charge in [0.2, 0.25) is 5.88 Å². The summed E-state index contributed by atoms with van der Waals surface area (Å²) < 4.78 is 11.2. The third kappa shape index (κ3) is 4.30. The molecule has 2 aromatic rings. The van der Waals surface area contributed by atoms with Gasteiger partial charge in [-0.15, -0.1) is 11.3 Å². The fraction of sp³-hybridized carbons (Fsp3) is 0.412. The molecule has 1 saturated heterocycles. The number of aryl methyl sites for hydroxylation is 1. The second kappa shape index (κ2) is 7.57. The van der Waals surface area contributed by atoms with E-state index in [0.717, 1.165) is 42.1 Å². The molecule has 2 aromatic heterocycles. The minimum atomic E-state index is -0.0405. The van der Waals surface area contributed by atoms with Crippen molar-refractivity contribution in [2.45, 2.75) is 32.4 Å². The molecule has 6 heteroatoms. The van der Waals surface area contributed by atoms with Crippen LogP contribution in [0.1, 0.15) is 33.6 Å². The third-order valence-corrected chi connectivity index (χ3v) is 4.79. The first kappa shape index (κ1) is 16.0. The van der Waals surface area contributed by atoms with Crippen molar-refractivity contribution in [3.8, 4) is 5.88 Å². The summed E-state index contributed by atoms with van der Waals surface area (Å²) >= 11 is 1.46. The molecule has 1 amide bonds. The van der Waals surface area contributed by atoms with Crippen LogP contribution < -0.4 is 10.1 Å². The van der Waals surface area contributed by atoms with Crippen molar-refractivity contribution in [1.29, 1.82) is 0 Å². The summed E-state index contributed by atoms with van der Waals surface area (Å²) in [5.41, 5.74) is 1.98. The number of carbonyl (C=O) groups excluding carboxylic acids is 1. The molecule has 0 unspecified atom stereocenters. The van der Waals surface area contributed by atoms with Gasteiger partial charge in [0.05, 0.1) is 18.1 Å². The van der Waals surface area contributed by atoms with Gasteiger partial charge in [0.1, 0.15) is 6.10 Å². The highest BCUT2D eigenvalue weighted by molar-refractivity contribution is 7.12. The Balaban J connectivity index is 1.57. The molecule has 3 rings (SSSR count). The van der Waals surface area contributed by atoms with Crippen LogP contribution in [0.25, 0.3) is 0 Å². The van der Waals surface area contributed by atoms with E-state index in [1.165, 1.54) is 11.3 Å². The van der Waals surface area contributed by atoms with Crippen molar-refractivity contribution in [2.24, 2.45) is 0 Å². The minimum Gasteiger partial charge on any atom is -0.474 e. The van der Waals surface area contributed by atoms with Crippen LogP contribution in [0, 0.1) is 6.92 Å². The predicted molar refractivity (Wildman–Crippen MR) is 88.9 cm³/mol. The van der Waals surface area contributed by atoms with Gasteiger partial charge in [0.15, 0.2) is 0 Å². The zero-order valence-corrected chi connectivity index (χ0v) is 13.9. The molecule has 0 saturated carbocycles. The number of rotatable bonds is 5. The zero-order chi connectivity index (χ0) is 16.1. The molecule has 0 spiro atoms. The fourth-order valence-electron chi connectivity index (χ4n) is 2.46. The molecule has 1 aliphatic rings. The fourth-order valence-corrected chi connectivity index (χ4v) is 3.30. The summed E-state index contributed by atoms with van der Waals surface area (Å²) in [5, 5.41) is 4.87. The van der Waals surface area contributed by atoms with Crippen molar-refractivity contribution in [3.63, 3.8) is 0 Å². The van der Waals surface area contributed by atoms with Crippen molar-refractivity contribution >= 4 is 17.2 Å². The number of carbonyl (C=O) groups is 1. The number of nitrogens with one attached hydrogen (secondary N) is 1. The van der Waals surface area contributed by atoms with E-state index in [4.69, 9.17) is 9.47 Å². The van der Waals surface area contributed by atoms with Gasteiger partial charge in [-0.1, -0.05) is 0 Å². The third-order valence-electron chi connectivity index (χ3n) is 3.78. The molecule has 0 aliphatic carbocycles. The molecule has 1 aliphatic heterocycles. The monoisotopic (exact) mass is 332 g/mol. The van der Waals surface area contributed by atoms with Crippen LogP contribution in [0.15, 0.2) is 29.8 Å². The minimum absolute atomic E-state index is 0.0405. The van der Waals surface area contributed by atoms with Crippen LogP contribution in [0.3, 0.4) is 0 Å². The number of hydrogen-bond donors (Lipinski definition) is 1. The Morgan fingerprint density at radius 2 is 2.26 bits per heavy atom.